The Morgan fingerprint density at radius 2 is 2.10 bits per heavy atom. The van der Waals surface area contributed by atoms with Crippen molar-refractivity contribution in [3.05, 3.63) is 56.5 Å². The fourth-order valence-corrected chi connectivity index (χ4v) is 2.41. The second-order valence-corrected chi connectivity index (χ2v) is 5.03. The third-order valence-electron chi connectivity index (χ3n) is 3.10. The average molecular weight is 295 g/mol. The topological polar surface area (TPSA) is 68.3 Å². The molecule has 1 aromatic carbocycles. The number of nitro benzene ring substituents is 1. The summed E-state index contributed by atoms with van der Waals surface area (Å²) < 4.78 is 5.47. The van der Waals surface area contributed by atoms with Gasteiger partial charge in [0.2, 0.25) is 0 Å². The van der Waals surface area contributed by atoms with E-state index in [1.165, 1.54) is 6.07 Å². The minimum atomic E-state index is -0.450. The lowest BCUT2D eigenvalue weighted by atomic mass is 10.1. The summed E-state index contributed by atoms with van der Waals surface area (Å²) in [6.45, 7) is 5.63. The lowest BCUT2D eigenvalue weighted by Crippen LogP contribution is -2.09. The van der Waals surface area contributed by atoms with Gasteiger partial charge in [-0.3, -0.25) is 10.1 Å². The van der Waals surface area contributed by atoms with E-state index in [4.69, 9.17) is 16.0 Å². The maximum atomic E-state index is 11.1. The first-order valence-corrected chi connectivity index (χ1v) is 6.54. The van der Waals surface area contributed by atoms with Crippen molar-refractivity contribution in [2.75, 3.05) is 5.32 Å². The van der Waals surface area contributed by atoms with Crippen LogP contribution in [0.1, 0.15) is 30.0 Å². The van der Waals surface area contributed by atoms with Crippen molar-refractivity contribution >= 4 is 23.0 Å². The van der Waals surface area contributed by atoms with Crippen LogP contribution in [-0.2, 0) is 0 Å². The van der Waals surface area contributed by atoms with Crippen molar-refractivity contribution in [2.24, 2.45) is 0 Å². The van der Waals surface area contributed by atoms with Crippen molar-refractivity contribution in [1.82, 2.24) is 0 Å². The van der Waals surface area contributed by atoms with Gasteiger partial charge in [-0.1, -0.05) is 17.7 Å². The van der Waals surface area contributed by atoms with Crippen LogP contribution in [0.25, 0.3) is 0 Å². The van der Waals surface area contributed by atoms with Gasteiger partial charge in [0.25, 0.3) is 5.69 Å². The number of hydrogen-bond donors (Lipinski definition) is 1. The molecule has 0 saturated carbocycles. The third kappa shape index (κ3) is 2.77. The maximum Gasteiger partial charge on any atom is 0.293 e. The second-order valence-electron chi connectivity index (χ2n) is 4.63. The average Bonchev–Trinajstić information content (AvgIpc) is 2.70. The first-order chi connectivity index (χ1) is 9.40. The number of benzene rings is 1. The lowest BCUT2D eigenvalue weighted by Gasteiger charge is -2.15. The Balaban J connectivity index is 2.35. The highest BCUT2D eigenvalue weighted by atomic mass is 35.5. The number of rotatable bonds is 4. The number of nitrogens with zero attached hydrogens (tertiary/aromatic N) is 1. The van der Waals surface area contributed by atoms with Crippen molar-refractivity contribution in [3.8, 4) is 0 Å². The molecule has 1 heterocycles. The fourth-order valence-electron chi connectivity index (χ4n) is 2.18. The summed E-state index contributed by atoms with van der Waals surface area (Å²) in [5, 5.41) is 14.5. The summed E-state index contributed by atoms with van der Waals surface area (Å²) >= 11 is 6.06. The quantitative estimate of drug-likeness (QED) is 0.659. The molecule has 0 radical (unpaired) electrons. The summed E-state index contributed by atoms with van der Waals surface area (Å²) in [5.41, 5.74) is 1.24. The van der Waals surface area contributed by atoms with Gasteiger partial charge in [0, 0.05) is 11.6 Å². The Bertz CT molecular complexity index is 652. The second kappa shape index (κ2) is 5.54. The van der Waals surface area contributed by atoms with Crippen LogP contribution in [0, 0.1) is 24.0 Å². The Hall–Kier alpha value is -2.01. The maximum absolute atomic E-state index is 11.1. The first kappa shape index (κ1) is 14.4. The zero-order valence-corrected chi connectivity index (χ0v) is 12.2. The minimum absolute atomic E-state index is 0.0396. The number of aryl methyl sites for hydroxylation is 2. The zero-order valence-electron chi connectivity index (χ0n) is 11.4. The Morgan fingerprint density at radius 1 is 1.40 bits per heavy atom. The molecule has 0 aliphatic heterocycles. The van der Waals surface area contributed by atoms with Gasteiger partial charge in [-0.2, -0.15) is 0 Å². The summed E-state index contributed by atoms with van der Waals surface area (Å²) in [6, 6.07) is 6.37. The molecule has 0 aliphatic rings. The van der Waals surface area contributed by atoms with Crippen molar-refractivity contribution < 1.29 is 9.34 Å². The van der Waals surface area contributed by atoms with Gasteiger partial charge >= 0.3 is 0 Å². The van der Waals surface area contributed by atoms with Gasteiger partial charge in [-0.05, 0) is 32.9 Å². The normalized spacial score (nSPS) is 12.2. The van der Waals surface area contributed by atoms with Gasteiger partial charge in [0.05, 0.1) is 16.0 Å². The highest BCUT2D eigenvalue weighted by Gasteiger charge is 2.20. The fraction of sp³-hybridized carbons (Fsp3) is 0.286. The number of halogens is 1. The molecule has 20 heavy (non-hydrogen) atoms. The molecule has 5 nitrogen and oxygen atoms in total. The van der Waals surface area contributed by atoms with Crippen LogP contribution < -0.4 is 5.32 Å². The van der Waals surface area contributed by atoms with Crippen molar-refractivity contribution in [1.29, 1.82) is 0 Å². The summed E-state index contributed by atoms with van der Waals surface area (Å²) in [4.78, 5) is 10.6. The SMILES string of the molecule is Cc1cc(C(C)Nc2c(Cl)cccc2[N+](=O)[O-])c(C)o1. The van der Waals surface area contributed by atoms with E-state index in [-0.39, 0.29) is 11.7 Å². The molecule has 0 spiro atoms. The highest BCUT2D eigenvalue weighted by Crippen LogP contribution is 2.35. The highest BCUT2D eigenvalue weighted by molar-refractivity contribution is 6.33. The summed E-state index contributed by atoms with van der Waals surface area (Å²) in [5.74, 6) is 1.59. The van der Waals surface area contributed by atoms with Gasteiger partial charge in [0.1, 0.15) is 17.2 Å². The molecule has 0 bridgehead atoms. The number of hydrogen-bond acceptors (Lipinski definition) is 4. The molecule has 1 N–H and O–H groups in total. The Morgan fingerprint density at radius 3 is 2.65 bits per heavy atom. The number of para-hydroxylation sites is 1. The number of nitro groups is 1. The molecule has 2 aromatic rings. The predicted octanol–water partition coefficient (Wildman–Crippen LogP) is 4.63. The van der Waals surface area contributed by atoms with E-state index in [0.717, 1.165) is 17.1 Å². The van der Waals surface area contributed by atoms with E-state index in [9.17, 15) is 10.1 Å². The van der Waals surface area contributed by atoms with E-state index in [2.05, 4.69) is 5.32 Å². The van der Waals surface area contributed by atoms with Crippen molar-refractivity contribution in [2.45, 2.75) is 26.8 Å². The van der Waals surface area contributed by atoms with Crippen LogP contribution in [-0.4, -0.2) is 4.92 Å². The van der Waals surface area contributed by atoms with Crippen LogP contribution in [0.5, 0.6) is 0 Å². The molecule has 1 unspecified atom stereocenters. The van der Waals surface area contributed by atoms with Crippen LogP contribution in [0.2, 0.25) is 5.02 Å². The molecule has 1 aromatic heterocycles. The summed E-state index contributed by atoms with van der Waals surface area (Å²) in [7, 11) is 0. The molecular weight excluding hydrogens is 280 g/mol. The molecular formula is C14H15ClN2O3. The van der Waals surface area contributed by atoms with Crippen LogP contribution in [0.15, 0.2) is 28.7 Å². The van der Waals surface area contributed by atoms with E-state index in [1.807, 2.05) is 26.8 Å². The van der Waals surface area contributed by atoms with Gasteiger partial charge < -0.3 is 9.73 Å². The van der Waals surface area contributed by atoms with Crippen LogP contribution >= 0.6 is 11.6 Å². The zero-order chi connectivity index (χ0) is 14.9. The molecule has 0 saturated heterocycles. The molecule has 0 aliphatic carbocycles. The molecule has 2 rings (SSSR count). The Kier molecular flexibility index (Phi) is 3.99. The third-order valence-corrected chi connectivity index (χ3v) is 3.41. The van der Waals surface area contributed by atoms with E-state index < -0.39 is 4.92 Å². The molecule has 0 fully saturated rings. The monoisotopic (exact) mass is 294 g/mol. The molecule has 1 atom stereocenters. The van der Waals surface area contributed by atoms with Crippen LogP contribution in [0.4, 0.5) is 11.4 Å². The molecule has 6 heteroatoms. The smallest absolute Gasteiger partial charge is 0.293 e. The van der Waals surface area contributed by atoms with E-state index in [0.29, 0.717) is 10.7 Å². The molecule has 106 valence electrons. The largest absolute Gasteiger partial charge is 0.466 e. The van der Waals surface area contributed by atoms with Gasteiger partial charge in [-0.25, -0.2) is 0 Å². The number of anilines is 1. The predicted molar refractivity (Wildman–Crippen MR) is 78.3 cm³/mol. The number of nitrogens with one attached hydrogen (secondary N) is 1. The lowest BCUT2D eigenvalue weighted by molar-refractivity contribution is -0.384. The van der Waals surface area contributed by atoms with Crippen LogP contribution in [0.3, 0.4) is 0 Å². The molecule has 0 amide bonds. The van der Waals surface area contributed by atoms with E-state index in [1.54, 1.807) is 12.1 Å². The first-order valence-electron chi connectivity index (χ1n) is 6.16. The van der Waals surface area contributed by atoms with Gasteiger partial charge in [0.15, 0.2) is 0 Å². The summed E-state index contributed by atoms with van der Waals surface area (Å²) in [6.07, 6.45) is 0. The van der Waals surface area contributed by atoms with Crippen molar-refractivity contribution in [3.63, 3.8) is 0 Å². The van der Waals surface area contributed by atoms with E-state index >= 15 is 0 Å². The number of furan rings is 1. The Labute approximate surface area is 121 Å². The van der Waals surface area contributed by atoms with Gasteiger partial charge in [-0.15, -0.1) is 0 Å². The standard InChI is InChI=1S/C14H15ClN2O3/c1-8-7-11(10(3)20-8)9(2)16-14-12(15)5-4-6-13(14)17(18)19/h4-7,9,16H,1-3H3. The minimum Gasteiger partial charge on any atom is -0.466 e.